The van der Waals surface area contributed by atoms with Gasteiger partial charge in [0.25, 0.3) is 0 Å². The van der Waals surface area contributed by atoms with Crippen LogP contribution in [0.15, 0.2) is 96.8 Å². The first kappa shape index (κ1) is 22.0. The molecule has 3 nitrogen and oxygen atoms in total. The highest BCUT2D eigenvalue weighted by Gasteiger charge is 2.15. The molecule has 5 heteroatoms. The molecular weight excluding hydrogens is 466 g/mol. The maximum Gasteiger partial charge on any atom is 0.0506 e. The zero-order valence-electron chi connectivity index (χ0n) is 19.0. The van der Waals surface area contributed by atoms with E-state index >= 15 is 0 Å². The van der Waals surface area contributed by atoms with Gasteiger partial charge in [0.05, 0.1) is 5.69 Å². The van der Waals surface area contributed by atoms with Crippen LogP contribution >= 0.6 is 24.4 Å². The molecule has 170 valence electrons. The Morgan fingerprint density at radius 3 is 1.71 bits per heavy atom. The summed E-state index contributed by atoms with van der Waals surface area (Å²) < 4.78 is 0. The summed E-state index contributed by atoms with van der Waals surface area (Å²) in [7, 11) is 0. The molecule has 0 unspecified atom stereocenters. The Balaban J connectivity index is 1.51. The van der Waals surface area contributed by atoms with Crippen LogP contribution in [0.1, 0.15) is 11.4 Å². The van der Waals surface area contributed by atoms with Crippen molar-refractivity contribution in [1.82, 2.24) is 9.97 Å². The van der Waals surface area contributed by atoms with E-state index in [1.54, 1.807) is 18.0 Å². The minimum atomic E-state index is 0.640. The van der Waals surface area contributed by atoms with Crippen LogP contribution in [0.2, 0.25) is 0 Å². The van der Waals surface area contributed by atoms with Crippen LogP contribution in [0.4, 0.5) is 0 Å². The first-order valence-corrected chi connectivity index (χ1v) is 13.2. The van der Waals surface area contributed by atoms with Crippen molar-refractivity contribution in [2.24, 2.45) is 5.73 Å². The number of rotatable bonds is 6. The first-order chi connectivity index (χ1) is 17.3. The van der Waals surface area contributed by atoms with E-state index in [0.29, 0.717) is 5.75 Å². The summed E-state index contributed by atoms with van der Waals surface area (Å²) in [5.74, 6) is 1.44. The molecule has 0 fully saturated rings. The van der Waals surface area contributed by atoms with Crippen molar-refractivity contribution >= 4 is 56.7 Å². The minimum absolute atomic E-state index is 0.640. The van der Waals surface area contributed by atoms with Crippen LogP contribution in [-0.2, 0) is 11.5 Å². The lowest BCUT2D eigenvalue weighted by Crippen LogP contribution is -1.91. The van der Waals surface area contributed by atoms with Gasteiger partial charge in [-0.05, 0) is 61.0 Å². The predicted octanol–water partition coefficient (Wildman–Crippen LogP) is 7.80. The van der Waals surface area contributed by atoms with Gasteiger partial charge in [-0.1, -0.05) is 60.7 Å². The Kier molecular flexibility index (Phi) is 5.80. The number of benzene rings is 4. The summed E-state index contributed by atoms with van der Waals surface area (Å²) in [6.45, 7) is 0. The molecule has 0 saturated carbocycles. The van der Waals surface area contributed by atoms with E-state index in [4.69, 9.17) is 10.7 Å². The average molecular weight is 490 g/mol. The lowest BCUT2D eigenvalue weighted by Gasteiger charge is -2.16. The van der Waals surface area contributed by atoms with Crippen molar-refractivity contribution in [3.8, 4) is 22.3 Å². The maximum absolute atomic E-state index is 5.43. The number of hydrogen-bond acceptors (Lipinski definition) is 5. The van der Waals surface area contributed by atoms with Crippen LogP contribution in [0, 0.1) is 0 Å². The van der Waals surface area contributed by atoms with Crippen molar-refractivity contribution in [3.63, 3.8) is 0 Å². The number of thioether (sulfide) groups is 1. The van der Waals surface area contributed by atoms with E-state index in [2.05, 4.69) is 90.4 Å². The molecule has 6 aromatic rings. The van der Waals surface area contributed by atoms with Gasteiger partial charge in [-0.3, -0.25) is 9.97 Å². The van der Waals surface area contributed by atoms with E-state index in [0.717, 1.165) is 28.3 Å². The Hall–Kier alpha value is -3.54. The SMILES string of the molecule is N/C=C\SCc1ccc(-c2ccc3ccc4c(-c5ccc(CS)nc5)ccc5ccc2c3c54)cn1. The molecule has 2 heterocycles. The van der Waals surface area contributed by atoms with Crippen molar-refractivity contribution in [3.05, 3.63) is 108 Å². The smallest absolute Gasteiger partial charge is 0.0506 e. The Morgan fingerprint density at radius 2 is 1.23 bits per heavy atom. The topological polar surface area (TPSA) is 51.8 Å². The fourth-order valence-electron chi connectivity index (χ4n) is 4.84. The Morgan fingerprint density at radius 1 is 0.686 bits per heavy atom. The largest absolute Gasteiger partial charge is 0.404 e. The molecule has 2 aromatic heterocycles. The van der Waals surface area contributed by atoms with Crippen molar-refractivity contribution in [2.75, 3.05) is 0 Å². The van der Waals surface area contributed by atoms with Gasteiger partial charge >= 0.3 is 0 Å². The molecule has 0 aliphatic heterocycles. The summed E-state index contributed by atoms with van der Waals surface area (Å²) in [4.78, 5) is 9.27. The highest BCUT2D eigenvalue weighted by Crippen LogP contribution is 2.42. The zero-order valence-corrected chi connectivity index (χ0v) is 20.7. The van der Waals surface area contributed by atoms with Crippen molar-refractivity contribution in [2.45, 2.75) is 11.5 Å². The first-order valence-electron chi connectivity index (χ1n) is 11.5. The summed E-state index contributed by atoms with van der Waals surface area (Å²) in [6, 6.07) is 26.3. The van der Waals surface area contributed by atoms with Crippen LogP contribution in [0.3, 0.4) is 0 Å². The van der Waals surface area contributed by atoms with Gasteiger partial charge in [-0.15, -0.1) is 11.8 Å². The summed E-state index contributed by atoms with van der Waals surface area (Å²) in [5.41, 5.74) is 12.1. The molecule has 0 saturated heterocycles. The van der Waals surface area contributed by atoms with Gasteiger partial charge < -0.3 is 5.73 Å². The normalized spacial score (nSPS) is 11.9. The van der Waals surface area contributed by atoms with Gasteiger partial charge in [0, 0.05) is 46.9 Å². The predicted molar refractivity (Wildman–Crippen MR) is 154 cm³/mol. The molecular formula is C30H23N3S2. The monoisotopic (exact) mass is 489 g/mol. The summed E-state index contributed by atoms with van der Waals surface area (Å²) in [6.07, 6.45) is 5.50. The molecule has 0 radical (unpaired) electrons. The Bertz CT molecular complexity index is 1670. The van der Waals surface area contributed by atoms with Gasteiger partial charge in [0.15, 0.2) is 0 Å². The quantitative estimate of drug-likeness (QED) is 0.185. The third-order valence-electron chi connectivity index (χ3n) is 6.50. The number of nitrogens with two attached hydrogens (primary N) is 1. The standard InChI is InChI=1S/C30H23N3S2/c31-13-14-35-18-24-8-2-22(16-33-24)26-10-4-20-5-11-27-25(21-1-7-23(17-34)32-15-21)9-3-19-6-12-28(26)30(20)29(19)27/h1-16,34H,17-18,31H2/b14-13-. The lowest BCUT2D eigenvalue weighted by atomic mass is 9.87. The highest BCUT2D eigenvalue weighted by molar-refractivity contribution is 8.01. The van der Waals surface area contributed by atoms with Crippen LogP contribution in [-0.4, -0.2) is 9.97 Å². The number of thiol groups is 1. The molecule has 4 aromatic carbocycles. The van der Waals surface area contributed by atoms with Crippen molar-refractivity contribution in [1.29, 1.82) is 0 Å². The van der Waals surface area contributed by atoms with Gasteiger partial charge in [-0.2, -0.15) is 12.6 Å². The lowest BCUT2D eigenvalue weighted by molar-refractivity contribution is 1.18. The maximum atomic E-state index is 5.43. The molecule has 35 heavy (non-hydrogen) atoms. The summed E-state index contributed by atoms with van der Waals surface area (Å²) in [5, 5.41) is 9.47. The Labute approximate surface area is 213 Å². The van der Waals surface area contributed by atoms with Crippen LogP contribution in [0.25, 0.3) is 54.6 Å². The number of nitrogens with zero attached hydrogens (tertiary/aromatic N) is 2. The van der Waals surface area contributed by atoms with E-state index in [1.807, 2.05) is 17.8 Å². The van der Waals surface area contributed by atoms with Gasteiger partial charge in [-0.25, -0.2) is 0 Å². The van der Waals surface area contributed by atoms with Gasteiger partial charge in [0.2, 0.25) is 0 Å². The number of hydrogen-bond donors (Lipinski definition) is 2. The number of aromatic nitrogens is 2. The van der Waals surface area contributed by atoms with Crippen LogP contribution in [0.5, 0.6) is 0 Å². The highest BCUT2D eigenvalue weighted by atomic mass is 32.2. The molecule has 0 aliphatic carbocycles. The second-order valence-electron chi connectivity index (χ2n) is 8.52. The molecule has 6 rings (SSSR count). The van der Waals surface area contributed by atoms with E-state index < -0.39 is 0 Å². The second-order valence-corrected chi connectivity index (χ2v) is 9.73. The minimum Gasteiger partial charge on any atom is -0.404 e. The second kappa shape index (κ2) is 9.25. The molecule has 0 atom stereocenters. The number of pyridine rings is 2. The molecule has 0 spiro atoms. The van der Waals surface area contributed by atoms with E-state index in [1.165, 1.54) is 43.4 Å². The van der Waals surface area contributed by atoms with Crippen LogP contribution < -0.4 is 5.73 Å². The van der Waals surface area contributed by atoms with E-state index in [-0.39, 0.29) is 0 Å². The third-order valence-corrected chi connectivity index (χ3v) is 7.64. The fraction of sp³-hybridized carbons (Fsp3) is 0.0667. The summed E-state index contributed by atoms with van der Waals surface area (Å²) >= 11 is 5.99. The van der Waals surface area contributed by atoms with Crippen molar-refractivity contribution < 1.29 is 0 Å². The third kappa shape index (κ3) is 3.91. The average Bonchev–Trinajstić information content (AvgIpc) is 2.92. The molecule has 0 aliphatic rings. The fourth-order valence-corrected chi connectivity index (χ4v) is 5.58. The molecule has 0 bridgehead atoms. The zero-order chi connectivity index (χ0) is 23.8. The molecule has 2 N–H and O–H groups in total. The van der Waals surface area contributed by atoms with E-state index in [9.17, 15) is 0 Å². The molecule has 0 amide bonds. The van der Waals surface area contributed by atoms with Gasteiger partial charge in [0.1, 0.15) is 0 Å².